The van der Waals surface area contributed by atoms with Crippen molar-refractivity contribution in [2.24, 2.45) is 11.8 Å². The van der Waals surface area contributed by atoms with E-state index in [1.54, 1.807) is 0 Å². The first-order chi connectivity index (χ1) is 8.42. The SMILES string of the molecule is COC(=O)C1(NCCN(C)C)CC(C)CCC1C. The van der Waals surface area contributed by atoms with Crippen LogP contribution in [0.15, 0.2) is 0 Å². The van der Waals surface area contributed by atoms with Crippen LogP contribution in [0.4, 0.5) is 0 Å². The molecule has 106 valence electrons. The fourth-order valence-electron chi connectivity index (χ4n) is 2.92. The summed E-state index contributed by atoms with van der Waals surface area (Å²) in [5.74, 6) is 0.816. The Morgan fingerprint density at radius 2 is 2.06 bits per heavy atom. The summed E-state index contributed by atoms with van der Waals surface area (Å²) in [6.45, 7) is 6.13. The minimum atomic E-state index is -0.484. The molecule has 0 aromatic rings. The molecule has 1 N–H and O–H groups in total. The summed E-state index contributed by atoms with van der Waals surface area (Å²) >= 11 is 0. The highest BCUT2D eigenvalue weighted by Gasteiger charge is 2.47. The van der Waals surface area contributed by atoms with Crippen LogP contribution in [-0.4, -0.2) is 50.7 Å². The van der Waals surface area contributed by atoms with Gasteiger partial charge in [0.2, 0.25) is 0 Å². The number of carbonyl (C=O) groups is 1. The van der Waals surface area contributed by atoms with E-state index in [0.717, 1.165) is 25.9 Å². The molecule has 0 bridgehead atoms. The van der Waals surface area contributed by atoms with Crippen molar-refractivity contribution >= 4 is 5.97 Å². The number of esters is 1. The molecule has 3 atom stereocenters. The van der Waals surface area contributed by atoms with Crippen LogP contribution in [-0.2, 0) is 9.53 Å². The Kier molecular flexibility index (Phi) is 5.60. The molecule has 4 heteroatoms. The van der Waals surface area contributed by atoms with Gasteiger partial charge >= 0.3 is 5.97 Å². The van der Waals surface area contributed by atoms with Gasteiger partial charge in [-0.25, -0.2) is 0 Å². The highest BCUT2D eigenvalue weighted by atomic mass is 16.5. The van der Waals surface area contributed by atoms with Crippen molar-refractivity contribution in [3.63, 3.8) is 0 Å². The van der Waals surface area contributed by atoms with Crippen LogP contribution in [0.25, 0.3) is 0 Å². The van der Waals surface area contributed by atoms with Gasteiger partial charge in [-0.05, 0) is 38.8 Å². The molecular formula is C14H28N2O2. The monoisotopic (exact) mass is 256 g/mol. The van der Waals surface area contributed by atoms with Crippen LogP contribution < -0.4 is 5.32 Å². The van der Waals surface area contributed by atoms with E-state index in [9.17, 15) is 4.79 Å². The topological polar surface area (TPSA) is 41.6 Å². The molecule has 0 aromatic heterocycles. The predicted molar refractivity (Wildman–Crippen MR) is 73.5 cm³/mol. The van der Waals surface area contributed by atoms with Crippen LogP contribution in [0.5, 0.6) is 0 Å². The largest absolute Gasteiger partial charge is 0.468 e. The predicted octanol–water partition coefficient (Wildman–Crippen LogP) is 1.51. The quantitative estimate of drug-likeness (QED) is 0.757. The lowest BCUT2D eigenvalue weighted by atomic mass is 9.69. The molecule has 1 rings (SSSR count). The van der Waals surface area contributed by atoms with Crippen molar-refractivity contribution in [1.29, 1.82) is 0 Å². The summed E-state index contributed by atoms with van der Waals surface area (Å²) in [5, 5.41) is 3.48. The third-order valence-corrected chi connectivity index (χ3v) is 4.15. The normalized spacial score (nSPS) is 32.6. The molecule has 3 unspecified atom stereocenters. The Morgan fingerprint density at radius 3 is 2.61 bits per heavy atom. The fourth-order valence-corrected chi connectivity index (χ4v) is 2.92. The van der Waals surface area contributed by atoms with Gasteiger partial charge in [-0.2, -0.15) is 0 Å². The summed E-state index contributed by atoms with van der Waals surface area (Å²) < 4.78 is 5.05. The summed E-state index contributed by atoms with van der Waals surface area (Å²) in [4.78, 5) is 14.3. The maximum atomic E-state index is 12.2. The molecule has 1 saturated carbocycles. The zero-order valence-corrected chi connectivity index (χ0v) is 12.5. The molecule has 0 heterocycles. The number of rotatable bonds is 5. The Balaban J connectivity index is 2.76. The smallest absolute Gasteiger partial charge is 0.326 e. The van der Waals surface area contributed by atoms with E-state index in [4.69, 9.17) is 4.74 Å². The number of likely N-dealkylation sites (N-methyl/N-ethyl adjacent to an activating group) is 1. The van der Waals surface area contributed by atoms with Crippen LogP contribution >= 0.6 is 0 Å². The highest BCUT2D eigenvalue weighted by Crippen LogP contribution is 2.37. The Bertz CT molecular complexity index is 281. The van der Waals surface area contributed by atoms with Gasteiger partial charge in [0.15, 0.2) is 0 Å². The van der Waals surface area contributed by atoms with E-state index in [1.165, 1.54) is 13.5 Å². The van der Waals surface area contributed by atoms with E-state index in [0.29, 0.717) is 11.8 Å². The Labute approximate surface area is 111 Å². The Hall–Kier alpha value is -0.610. The number of hydrogen-bond donors (Lipinski definition) is 1. The van der Waals surface area contributed by atoms with Gasteiger partial charge in [0.25, 0.3) is 0 Å². The number of nitrogens with one attached hydrogen (secondary N) is 1. The van der Waals surface area contributed by atoms with Crippen molar-refractivity contribution in [3.05, 3.63) is 0 Å². The number of nitrogens with zero attached hydrogens (tertiary/aromatic N) is 1. The average molecular weight is 256 g/mol. The van der Waals surface area contributed by atoms with Gasteiger partial charge in [-0.1, -0.05) is 20.3 Å². The molecule has 0 aliphatic heterocycles. The summed E-state index contributed by atoms with van der Waals surface area (Å²) in [5.41, 5.74) is -0.484. The van der Waals surface area contributed by atoms with Crippen LogP contribution in [0.3, 0.4) is 0 Å². The van der Waals surface area contributed by atoms with Crippen molar-refractivity contribution in [2.75, 3.05) is 34.3 Å². The molecule has 1 aliphatic carbocycles. The van der Waals surface area contributed by atoms with E-state index in [2.05, 4.69) is 24.1 Å². The lowest BCUT2D eigenvalue weighted by Gasteiger charge is -2.43. The molecule has 4 nitrogen and oxygen atoms in total. The lowest BCUT2D eigenvalue weighted by Crippen LogP contribution is -2.60. The molecule has 18 heavy (non-hydrogen) atoms. The maximum Gasteiger partial charge on any atom is 0.326 e. The molecule has 0 saturated heterocycles. The van der Waals surface area contributed by atoms with Crippen molar-refractivity contribution in [3.8, 4) is 0 Å². The van der Waals surface area contributed by atoms with Crippen molar-refractivity contribution in [2.45, 2.75) is 38.6 Å². The van der Waals surface area contributed by atoms with Gasteiger partial charge in [0.05, 0.1) is 7.11 Å². The molecule has 0 amide bonds. The molecule has 1 fully saturated rings. The van der Waals surface area contributed by atoms with Crippen LogP contribution in [0.2, 0.25) is 0 Å². The molecule has 0 aromatic carbocycles. The minimum absolute atomic E-state index is 0.0969. The van der Waals surface area contributed by atoms with E-state index in [-0.39, 0.29) is 5.97 Å². The Morgan fingerprint density at radius 1 is 1.39 bits per heavy atom. The highest BCUT2D eigenvalue weighted by molar-refractivity contribution is 5.81. The van der Waals surface area contributed by atoms with E-state index < -0.39 is 5.54 Å². The number of carbonyl (C=O) groups excluding carboxylic acids is 1. The third-order valence-electron chi connectivity index (χ3n) is 4.15. The van der Waals surface area contributed by atoms with Crippen molar-refractivity contribution in [1.82, 2.24) is 10.2 Å². The van der Waals surface area contributed by atoms with Gasteiger partial charge in [0.1, 0.15) is 5.54 Å². The summed E-state index contributed by atoms with van der Waals surface area (Å²) in [6, 6.07) is 0. The summed E-state index contributed by atoms with van der Waals surface area (Å²) in [6.07, 6.45) is 3.18. The number of hydrogen-bond acceptors (Lipinski definition) is 4. The van der Waals surface area contributed by atoms with Crippen LogP contribution in [0.1, 0.15) is 33.1 Å². The minimum Gasteiger partial charge on any atom is -0.468 e. The second kappa shape index (κ2) is 6.53. The maximum absolute atomic E-state index is 12.2. The standard InChI is InChI=1S/C14H28N2O2/c1-11-6-7-12(2)14(10-11,13(17)18-5)15-8-9-16(3)4/h11-12,15H,6-10H2,1-5H3. The van der Waals surface area contributed by atoms with Crippen LogP contribution in [0, 0.1) is 11.8 Å². The van der Waals surface area contributed by atoms with Gasteiger partial charge in [0, 0.05) is 13.1 Å². The van der Waals surface area contributed by atoms with Gasteiger partial charge in [-0.15, -0.1) is 0 Å². The van der Waals surface area contributed by atoms with E-state index in [1.807, 2.05) is 14.1 Å². The second-order valence-electron chi connectivity index (χ2n) is 5.98. The van der Waals surface area contributed by atoms with Crippen molar-refractivity contribution < 1.29 is 9.53 Å². The number of methoxy groups -OCH3 is 1. The van der Waals surface area contributed by atoms with E-state index >= 15 is 0 Å². The van der Waals surface area contributed by atoms with Gasteiger partial charge in [-0.3, -0.25) is 4.79 Å². The first-order valence-electron chi connectivity index (χ1n) is 6.90. The lowest BCUT2D eigenvalue weighted by molar-refractivity contribution is -0.153. The molecule has 0 spiro atoms. The third kappa shape index (κ3) is 3.45. The zero-order valence-electron chi connectivity index (χ0n) is 12.5. The second-order valence-corrected chi connectivity index (χ2v) is 5.98. The zero-order chi connectivity index (χ0) is 13.8. The summed E-state index contributed by atoms with van der Waals surface area (Å²) in [7, 11) is 5.57. The first-order valence-corrected chi connectivity index (χ1v) is 6.90. The average Bonchev–Trinajstić information content (AvgIpc) is 2.32. The molecular weight excluding hydrogens is 228 g/mol. The molecule has 0 radical (unpaired) electrons. The number of ether oxygens (including phenoxy) is 1. The molecule has 1 aliphatic rings. The van der Waals surface area contributed by atoms with Gasteiger partial charge < -0.3 is 15.0 Å². The fraction of sp³-hybridized carbons (Fsp3) is 0.929. The first kappa shape index (κ1) is 15.4.